The van der Waals surface area contributed by atoms with Crippen molar-refractivity contribution in [2.75, 3.05) is 46.4 Å². The van der Waals surface area contributed by atoms with Crippen molar-refractivity contribution in [2.24, 2.45) is 0 Å². The van der Waals surface area contributed by atoms with E-state index in [0.29, 0.717) is 13.2 Å². The van der Waals surface area contributed by atoms with Gasteiger partial charge in [-0.15, -0.1) is 17.5 Å². The van der Waals surface area contributed by atoms with Gasteiger partial charge in [-0.2, -0.15) is 0 Å². The smallest absolute Gasteiger partial charge is 0.173 e. The molecule has 1 aromatic carbocycles. The fraction of sp³-hybridized carbons (Fsp3) is 0.588. The molecule has 2 aromatic rings. The van der Waals surface area contributed by atoms with E-state index in [9.17, 15) is 4.39 Å². The number of nitrogens with zero attached hydrogens (tertiary/aromatic N) is 6. The van der Waals surface area contributed by atoms with E-state index >= 15 is 0 Å². The summed E-state index contributed by atoms with van der Waals surface area (Å²) in [6, 6.07) is 6.54. The molecule has 1 aliphatic heterocycles. The molecule has 0 spiro atoms. The normalized spacial score (nSPS) is 17.0. The van der Waals surface area contributed by atoms with Crippen LogP contribution in [0.3, 0.4) is 0 Å². The molecule has 1 unspecified atom stereocenters. The second-order valence-electron chi connectivity index (χ2n) is 6.18. The van der Waals surface area contributed by atoms with Crippen LogP contribution in [0, 0.1) is 5.82 Å². The Kier molecular flexibility index (Phi) is 7.89. The second-order valence-corrected chi connectivity index (χ2v) is 6.18. The summed E-state index contributed by atoms with van der Waals surface area (Å²) in [5, 5.41) is 12.2. The Labute approximate surface area is 159 Å². The number of piperazine rings is 1. The highest BCUT2D eigenvalue weighted by Gasteiger charge is 2.30. The minimum absolute atomic E-state index is 0. The summed E-state index contributed by atoms with van der Waals surface area (Å²) in [5.74, 6) is 0.533. The molecule has 0 amide bonds. The Morgan fingerprint density at radius 3 is 2.46 bits per heavy atom. The molecule has 0 radical (unpaired) electrons. The minimum Gasteiger partial charge on any atom is -0.383 e. The molecular weight excluding hydrogens is 359 g/mol. The summed E-state index contributed by atoms with van der Waals surface area (Å²) in [6.45, 7) is 8.23. The Hall–Kier alpha value is -1.61. The Bertz CT molecular complexity index is 660. The number of hydrogen-bond acceptors (Lipinski definition) is 6. The molecule has 2 heterocycles. The molecule has 9 heteroatoms. The molecule has 144 valence electrons. The van der Waals surface area contributed by atoms with E-state index in [1.54, 1.807) is 11.8 Å². The molecule has 1 atom stereocenters. The number of ether oxygens (including phenoxy) is 1. The summed E-state index contributed by atoms with van der Waals surface area (Å²) in [7, 11) is 1.66. The van der Waals surface area contributed by atoms with Crippen LogP contribution in [-0.2, 0) is 11.3 Å². The summed E-state index contributed by atoms with van der Waals surface area (Å²) >= 11 is 0. The van der Waals surface area contributed by atoms with E-state index < -0.39 is 0 Å². The fourth-order valence-corrected chi connectivity index (χ4v) is 3.25. The van der Waals surface area contributed by atoms with E-state index in [-0.39, 0.29) is 24.3 Å². The maximum atomic E-state index is 13.4. The molecule has 0 N–H and O–H groups in total. The zero-order chi connectivity index (χ0) is 17.6. The van der Waals surface area contributed by atoms with E-state index in [0.717, 1.165) is 44.1 Å². The number of benzene rings is 1. The van der Waals surface area contributed by atoms with Gasteiger partial charge in [0, 0.05) is 33.3 Å². The van der Waals surface area contributed by atoms with E-state index in [1.165, 1.54) is 12.1 Å². The molecular formula is C17H26ClFN6O. The van der Waals surface area contributed by atoms with Gasteiger partial charge in [0.25, 0.3) is 0 Å². The van der Waals surface area contributed by atoms with Gasteiger partial charge >= 0.3 is 0 Å². The zero-order valence-corrected chi connectivity index (χ0v) is 16.0. The number of tetrazole rings is 1. The first-order chi connectivity index (χ1) is 12.2. The predicted octanol–water partition coefficient (Wildman–Crippen LogP) is 1.61. The molecule has 1 saturated heterocycles. The van der Waals surface area contributed by atoms with Crippen LogP contribution in [0.15, 0.2) is 24.3 Å². The van der Waals surface area contributed by atoms with E-state index in [2.05, 4.69) is 32.2 Å². The quantitative estimate of drug-likeness (QED) is 0.722. The van der Waals surface area contributed by atoms with Crippen molar-refractivity contribution in [3.8, 4) is 0 Å². The number of methoxy groups -OCH3 is 1. The van der Waals surface area contributed by atoms with Gasteiger partial charge in [0.1, 0.15) is 5.82 Å². The first kappa shape index (κ1) is 20.7. The van der Waals surface area contributed by atoms with Gasteiger partial charge in [-0.1, -0.05) is 19.1 Å². The van der Waals surface area contributed by atoms with Crippen LogP contribution in [0.2, 0.25) is 0 Å². The van der Waals surface area contributed by atoms with Crippen LogP contribution < -0.4 is 0 Å². The number of hydrogen-bond donors (Lipinski definition) is 0. The summed E-state index contributed by atoms with van der Waals surface area (Å²) in [6.07, 6.45) is 0. The molecule has 0 saturated carbocycles. The standard InChI is InChI=1S/C17H25FN6O.ClH/c1-3-22-8-10-23(11-9-22)16(14-4-6-15(18)7-5-14)17-19-20-21-24(17)12-13-25-2;/h4-7,16H,3,8-13H2,1-2H3;1H. The van der Waals surface area contributed by atoms with Crippen molar-refractivity contribution in [3.05, 3.63) is 41.5 Å². The molecule has 1 aliphatic rings. The average molecular weight is 385 g/mol. The summed E-state index contributed by atoms with van der Waals surface area (Å²) in [4.78, 5) is 4.79. The van der Waals surface area contributed by atoms with E-state index in [4.69, 9.17) is 4.74 Å². The molecule has 26 heavy (non-hydrogen) atoms. The van der Waals surface area contributed by atoms with Gasteiger partial charge in [-0.3, -0.25) is 4.90 Å². The highest BCUT2D eigenvalue weighted by Crippen LogP contribution is 2.28. The molecule has 1 aromatic heterocycles. The van der Waals surface area contributed by atoms with Crippen LogP contribution in [-0.4, -0.2) is 76.4 Å². The van der Waals surface area contributed by atoms with Crippen molar-refractivity contribution in [3.63, 3.8) is 0 Å². The van der Waals surface area contributed by atoms with Gasteiger partial charge in [-0.25, -0.2) is 9.07 Å². The van der Waals surface area contributed by atoms with Gasteiger partial charge < -0.3 is 9.64 Å². The first-order valence-corrected chi connectivity index (χ1v) is 8.69. The summed E-state index contributed by atoms with van der Waals surface area (Å²) in [5.41, 5.74) is 1.000. The third-order valence-electron chi connectivity index (χ3n) is 4.72. The van der Waals surface area contributed by atoms with Gasteiger partial charge in [0.05, 0.1) is 19.2 Å². The van der Waals surface area contributed by atoms with Crippen LogP contribution in [0.4, 0.5) is 4.39 Å². The highest BCUT2D eigenvalue weighted by molar-refractivity contribution is 5.85. The fourth-order valence-electron chi connectivity index (χ4n) is 3.25. The minimum atomic E-state index is -0.239. The Morgan fingerprint density at radius 1 is 1.15 bits per heavy atom. The number of halogens is 2. The van der Waals surface area contributed by atoms with Crippen LogP contribution >= 0.6 is 12.4 Å². The first-order valence-electron chi connectivity index (χ1n) is 8.69. The lowest BCUT2D eigenvalue weighted by Gasteiger charge is -2.38. The van der Waals surface area contributed by atoms with Crippen molar-refractivity contribution in [1.82, 2.24) is 30.0 Å². The highest BCUT2D eigenvalue weighted by atomic mass is 35.5. The van der Waals surface area contributed by atoms with Crippen molar-refractivity contribution in [2.45, 2.75) is 19.5 Å². The van der Waals surface area contributed by atoms with Crippen molar-refractivity contribution < 1.29 is 9.13 Å². The lowest BCUT2D eigenvalue weighted by atomic mass is 10.0. The number of aromatic nitrogens is 4. The second kappa shape index (κ2) is 9.91. The summed E-state index contributed by atoms with van der Waals surface area (Å²) < 4.78 is 20.3. The van der Waals surface area contributed by atoms with E-state index in [1.807, 2.05) is 12.1 Å². The molecule has 0 aliphatic carbocycles. The molecule has 1 fully saturated rings. The third-order valence-corrected chi connectivity index (χ3v) is 4.72. The zero-order valence-electron chi connectivity index (χ0n) is 15.2. The van der Waals surface area contributed by atoms with Crippen molar-refractivity contribution >= 4 is 12.4 Å². The third kappa shape index (κ3) is 4.76. The van der Waals surface area contributed by atoms with Gasteiger partial charge in [0.2, 0.25) is 0 Å². The van der Waals surface area contributed by atoms with Gasteiger partial charge in [-0.05, 0) is 34.7 Å². The lowest BCUT2D eigenvalue weighted by Crippen LogP contribution is -2.48. The van der Waals surface area contributed by atoms with Gasteiger partial charge in [0.15, 0.2) is 5.82 Å². The Balaban J connectivity index is 0.00000243. The monoisotopic (exact) mass is 384 g/mol. The van der Waals surface area contributed by atoms with Crippen LogP contribution in [0.1, 0.15) is 24.4 Å². The molecule has 0 bridgehead atoms. The number of likely N-dealkylation sites (N-methyl/N-ethyl adjacent to an activating group) is 1. The average Bonchev–Trinajstić information content (AvgIpc) is 3.10. The Morgan fingerprint density at radius 2 is 1.85 bits per heavy atom. The molecule has 7 nitrogen and oxygen atoms in total. The maximum Gasteiger partial charge on any atom is 0.173 e. The van der Waals surface area contributed by atoms with Crippen LogP contribution in [0.25, 0.3) is 0 Å². The topological polar surface area (TPSA) is 59.3 Å². The molecule has 3 rings (SSSR count). The lowest BCUT2D eigenvalue weighted by molar-refractivity contribution is 0.107. The SMILES string of the molecule is CCN1CCN(C(c2ccc(F)cc2)c2nnnn2CCOC)CC1.Cl. The maximum absolute atomic E-state index is 13.4. The van der Waals surface area contributed by atoms with Crippen molar-refractivity contribution in [1.29, 1.82) is 0 Å². The van der Waals surface area contributed by atoms with Crippen LogP contribution in [0.5, 0.6) is 0 Å². The number of rotatable bonds is 7. The largest absolute Gasteiger partial charge is 0.383 e. The predicted molar refractivity (Wildman–Crippen MR) is 98.9 cm³/mol.